The van der Waals surface area contributed by atoms with Gasteiger partial charge < -0.3 is 9.47 Å². The monoisotopic (exact) mass is 301 g/mol. The number of rotatable bonds is 4. The summed E-state index contributed by atoms with van der Waals surface area (Å²) in [4.78, 5) is 0. The number of hydrogen-bond acceptors (Lipinski definition) is 2. The summed E-state index contributed by atoms with van der Waals surface area (Å²) in [6, 6.07) is 12.6. The maximum absolute atomic E-state index is 12.0. The Bertz CT molecular complexity index is 570. The van der Waals surface area contributed by atoms with Gasteiger partial charge in [-0.3, -0.25) is 0 Å². The van der Waals surface area contributed by atoms with Gasteiger partial charge in [-0.2, -0.15) is 0 Å². The second kappa shape index (κ2) is 6.05. The first kappa shape index (κ1) is 14.5. The molecule has 0 saturated heterocycles. The molecule has 0 unspecified atom stereocenters. The van der Waals surface area contributed by atoms with Crippen LogP contribution in [-0.2, 0) is 0 Å². The Kier molecular flexibility index (Phi) is 4.39. The fourth-order valence-corrected chi connectivity index (χ4v) is 1.65. The molecule has 0 aromatic heterocycles. The van der Waals surface area contributed by atoms with Crippen molar-refractivity contribution in [2.45, 2.75) is 6.36 Å². The van der Waals surface area contributed by atoms with Crippen LogP contribution in [0.4, 0.5) is 13.2 Å². The van der Waals surface area contributed by atoms with Crippen molar-refractivity contribution in [1.29, 1.82) is 0 Å². The molecule has 0 aliphatic heterocycles. The first-order chi connectivity index (χ1) is 9.44. The normalized spacial score (nSPS) is 11.2. The van der Waals surface area contributed by atoms with Gasteiger partial charge in [-0.25, -0.2) is 0 Å². The SMILES string of the molecule is FC(F)(F)Oc1ccc(O[CH]c2ccccc2)c(Cl)c1. The molecular weight excluding hydrogens is 293 g/mol. The second-order valence-electron chi connectivity index (χ2n) is 3.79. The molecule has 0 aliphatic rings. The summed E-state index contributed by atoms with van der Waals surface area (Å²) >= 11 is 5.83. The highest BCUT2D eigenvalue weighted by Crippen LogP contribution is 2.32. The van der Waals surface area contributed by atoms with E-state index in [0.29, 0.717) is 0 Å². The molecule has 2 rings (SSSR count). The van der Waals surface area contributed by atoms with Crippen LogP contribution in [0.1, 0.15) is 5.56 Å². The number of alkyl halides is 3. The van der Waals surface area contributed by atoms with Gasteiger partial charge in [-0.1, -0.05) is 41.9 Å². The molecule has 0 N–H and O–H groups in total. The Morgan fingerprint density at radius 1 is 1.00 bits per heavy atom. The van der Waals surface area contributed by atoms with E-state index in [-0.39, 0.29) is 10.8 Å². The van der Waals surface area contributed by atoms with E-state index in [1.807, 2.05) is 30.3 Å². The maximum Gasteiger partial charge on any atom is 0.573 e. The van der Waals surface area contributed by atoms with Gasteiger partial charge in [0, 0.05) is 6.07 Å². The zero-order valence-electron chi connectivity index (χ0n) is 10.0. The molecule has 0 spiro atoms. The van der Waals surface area contributed by atoms with Crippen molar-refractivity contribution in [2.24, 2.45) is 0 Å². The van der Waals surface area contributed by atoms with Crippen LogP contribution in [0.2, 0.25) is 5.02 Å². The van der Waals surface area contributed by atoms with Crippen molar-refractivity contribution in [2.75, 3.05) is 0 Å². The summed E-state index contributed by atoms with van der Waals surface area (Å²) in [5, 5.41) is 0.0268. The first-order valence-corrected chi connectivity index (χ1v) is 5.92. The molecule has 0 heterocycles. The molecule has 0 aliphatic carbocycles. The lowest BCUT2D eigenvalue weighted by Gasteiger charge is -2.11. The second-order valence-corrected chi connectivity index (χ2v) is 4.19. The van der Waals surface area contributed by atoms with Crippen molar-refractivity contribution in [1.82, 2.24) is 0 Å². The standard InChI is InChI=1S/C14H9ClF3O2/c15-12-8-11(20-14(16,17)18)6-7-13(12)19-9-10-4-2-1-3-5-10/h1-9H. The Morgan fingerprint density at radius 2 is 1.70 bits per heavy atom. The molecular formula is C14H9ClF3O2. The van der Waals surface area contributed by atoms with Gasteiger partial charge in [-0.15, -0.1) is 13.2 Å². The van der Waals surface area contributed by atoms with E-state index in [2.05, 4.69) is 4.74 Å². The third kappa shape index (κ3) is 4.35. The topological polar surface area (TPSA) is 18.5 Å². The molecule has 20 heavy (non-hydrogen) atoms. The minimum atomic E-state index is -4.75. The lowest BCUT2D eigenvalue weighted by Crippen LogP contribution is -2.17. The molecule has 2 aromatic rings. The van der Waals surface area contributed by atoms with Gasteiger partial charge in [0.05, 0.1) is 5.02 Å². The third-order valence-electron chi connectivity index (χ3n) is 2.26. The Morgan fingerprint density at radius 3 is 2.30 bits per heavy atom. The number of halogens is 4. The summed E-state index contributed by atoms with van der Waals surface area (Å²) < 4.78 is 45.2. The highest BCUT2D eigenvalue weighted by molar-refractivity contribution is 6.32. The van der Waals surface area contributed by atoms with Crippen molar-refractivity contribution in [3.8, 4) is 11.5 Å². The quantitative estimate of drug-likeness (QED) is 0.805. The molecule has 0 bridgehead atoms. The van der Waals surface area contributed by atoms with E-state index in [1.54, 1.807) is 0 Å². The van der Waals surface area contributed by atoms with Gasteiger partial charge in [0.2, 0.25) is 0 Å². The van der Waals surface area contributed by atoms with E-state index < -0.39 is 12.1 Å². The molecule has 1 radical (unpaired) electrons. The predicted octanol–water partition coefficient (Wildman–Crippen LogP) is 4.83. The van der Waals surface area contributed by atoms with Crippen LogP contribution in [0.3, 0.4) is 0 Å². The van der Waals surface area contributed by atoms with Crippen LogP contribution in [0.25, 0.3) is 0 Å². The molecule has 2 aromatic carbocycles. The predicted molar refractivity (Wildman–Crippen MR) is 68.6 cm³/mol. The molecule has 0 atom stereocenters. The summed E-state index contributed by atoms with van der Waals surface area (Å²) in [5.74, 6) is -0.153. The Labute approximate surface area is 118 Å². The van der Waals surface area contributed by atoms with Crippen LogP contribution in [-0.4, -0.2) is 6.36 Å². The molecule has 2 nitrogen and oxygen atoms in total. The van der Waals surface area contributed by atoms with Crippen LogP contribution in [0, 0.1) is 6.61 Å². The van der Waals surface area contributed by atoms with Crippen molar-refractivity contribution in [3.05, 3.63) is 65.7 Å². The number of benzene rings is 2. The molecule has 0 fully saturated rings. The summed E-state index contributed by atoms with van der Waals surface area (Å²) in [6.45, 7) is 1.45. The van der Waals surface area contributed by atoms with Gasteiger partial charge in [-0.05, 0) is 17.7 Å². The van der Waals surface area contributed by atoms with Crippen molar-refractivity contribution in [3.63, 3.8) is 0 Å². The fourth-order valence-electron chi connectivity index (χ4n) is 1.44. The third-order valence-corrected chi connectivity index (χ3v) is 2.55. The minimum absolute atomic E-state index is 0.0268. The highest BCUT2D eigenvalue weighted by atomic mass is 35.5. The largest absolute Gasteiger partial charge is 0.573 e. The van der Waals surface area contributed by atoms with Gasteiger partial charge in [0.15, 0.2) is 6.61 Å². The van der Waals surface area contributed by atoms with E-state index >= 15 is 0 Å². The molecule has 105 valence electrons. The van der Waals surface area contributed by atoms with Crippen LogP contribution in [0.15, 0.2) is 48.5 Å². The molecule has 6 heteroatoms. The molecule has 0 amide bonds. The minimum Gasteiger partial charge on any atom is -0.480 e. The number of hydrogen-bond donors (Lipinski definition) is 0. The Balaban J connectivity index is 2.03. The Hall–Kier alpha value is -1.88. The van der Waals surface area contributed by atoms with Crippen LogP contribution >= 0.6 is 11.6 Å². The lowest BCUT2D eigenvalue weighted by molar-refractivity contribution is -0.274. The van der Waals surface area contributed by atoms with Crippen LogP contribution < -0.4 is 9.47 Å². The zero-order valence-corrected chi connectivity index (χ0v) is 10.8. The van der Waals surface area contributed by atoms with Gasteiger partial charge in [0.1, 0.15) is 11.5 Å². The average molecular weight is 302 g/mol. The lowest BCUT2D eigenvalue weighted by atomic mass is 10.2. The summed E-state index contributed by atoms with van der Waals surface area (Å²) in [6.07, 6.45) is -4.75. The van der Waals surface area contributed by atoms with Gasteiger partial charge in [0.25, 0.3) is 0 Å². The maximum atomic E-state index is 12.0. The first-order valence-electron chi connectivity index (χ1n) is 5.54. The van der Waals surface area contributed by atoms with Gasteiger partial charge >= 0.3 is 6.36 Å². The fraction of sp³-hybridized carbons (Fsp3) is 0.0714. The molecule has 0 saturated carbocycles. The van der Waals surface area contributed by atoms with E-state index in [9.17, 15) is 13.2 Å². The van der Waals surface area contributed by atoms with E-state index in [4.69, 9.17) is 16.3 Å². The smallest absolute Gasteiger partial charge is 0.480 e. The van der Waals surface area contributed by atoms with Crippen molar-refractivity contribution >= 4 is 11.6 Å². The average Bonchev–Trinajstić information content (AvgIpc) is 2.37. The van der Waals surface area contributed by atoms with Crippen LogP contribution in [0.5, 0.6) is 11.5 Å². The highest BCUT2D eigenvalue weighted by Gasteiger charge is 2.31. The van der Waals surface area contributed by atoms with E-state index in [1.165, 1.54) is 12.7 Å². The van der Waals surface area contributed by atoms with E-state index in [0.717, 1.165) is 17.7 Å². The summed E-state index contributed by atoms with van der Waals surface area (Å²) in [5.41, 5.74) is 0.805. The zero-order chi connectivity index (χ0) is 14.6. The number of ether oxygens (including phenoxy) is 2. The summed E-state index contributed by atoms with van der Waals surface area (Å²) in [7, 11) is 0. The van der Waals surface area contributed by atoms with Crippen molar-refractivity contribution < 1.29 is 22.6 Å².